The molecule has 2 N–H and O–H groups in total. The van der Waals surface area contributed by atoms with E-state index < -0.39 is 0 Å². The normalized spacial score (nSPS) is 10.5. The molecule has 0 saturated heterocycles. The third-order valence-corrected chi connectivity index (χ3v) is 4.55. The Morgan fingerprint density at radius 1 is 1.08 bits per heavy atom. The first-order valence-corrected chi connectivity index (χ1v) is 8.58. The molecule has 0 radical (unpaired) electrons. The zero-order chi connectivity index (χ0) is 16.9. The van der Waals surface area contributed by atoms with Crippen molar-refractivity contribution in [1.29, 1.82) is 0 Å². The van der Waals surface area contributed by atoms with Crippen LogP contribution in [0, 0.1) is 0 Å². The minimum atomic E-state index is -0.00384. The van der Waals surface area contributed by atoms with Gasteiger partial charge in [-0.15, -0.1) is 11.3 Å². The van der Waals surface area contributed by atoms with Crippen LogP contribution in [0.15, 0.2) is 53.9 Å². The van der Waals surface area contributed by atoms with Crippen LogP contribution in [-0.2, 0) is 11.2 Å². The smallest absolute Gasteiger partial charge is 0.216 e. The molecule has 0 aliphatic rings. The average molecular weight is 338 g/mol. The Labute approximate surface area is 144 Å². The molecule has 0 aliphatic carbocycles. The van der Waals surface area contributed by atoms with Crippen LogP contribution in [-0.4, -0.2) is 22.5 Å². The van der Waals surface area contributed by atoms with Gasteiger partial charge in [0.05, 0.1) is 5.69 Å². The Balaban J connectivity index is 1.71. The average Bonchev–Trinajstić information content (AvgIpc) is 3.06. The molecular formula is C19H18N2O2S. The number of phenols is 1. The third kappa shape index (κ3) is 4.00. The fraction of sp³-hybridized carbons (Fsp3) is 0.158. The summed E-state index contributed by atoms with van der Waals surface area (Å²) in [6, 6.07) is 15.3. The number of carbonyl (C=O) groups is 1. The van der Waals surface area contributed by atoms with Gasteiger partial charge >= 0.3 is 0 Å². The van der Waals surface area contributed by atoms with E-state index in [2.05, 4.69) is 34.6 Å². The number of carbonyl (C=O) groups excluding carboxylic acids is 1. The van der Waals surface area contributed by atoms with E-state index in [4.69, 9.17) is 0 Å². The summed E-state index contributed by atoms with van der Waals surface area (Å²) in [5.41, 5.74) is 4.19. The van der Waals surface area contributed by atoms with Crippen molar-refractivity contribution in [3.05, 3.63) is 59.5 Å². The third-order valence-electron chi connectivity index (χ3n) is 3.66. The van der Waals surface area contributed by atoms with E-state index in [1.807, 2.05) is 17.5 Å². The molecule has 3 rings (SSSR count). The summed E-state index contributed by atoms with van der Waals surface area (Å²) in [5, 5.41) is 15.1. The number of nitrogens with zero attached hydrogens (tertiary/aromatic N) is 1. The molecule has 0 bridgehead atoms. The van der Waals surface area contributed by atoms with Gasteiger partial charge in [0, 0.05) is 30.0 Å². The lowest BCUT2D eigenvalue weighted by Gasteiger charge is -2.03. The first kappa shape index (κ1) is 16.2. The summed E-state index contributed by atoms with van der Waals surface area (Å²) < 4.78 is 0. The van der Waals surface area contributed by atoms with Crippen LogP contribution in [0.5, 0.6) is 5.75 Å². The van der Waals surface area contributed by atoms with E-state index in [0.717, 1.165) is 28.2 Å². The van der Waals surface area contributed by atoms with Crippen LogP contribution in [0.2, 0.25) is 0 Å². The van der Waals surface area contributed by atoms with E-state index in [1.54, 1.807) is 23.5 Å². The Kier molecular flexibility index (Phi) is 4.91. The van der Waals surface area contributed by atoms with Crippen molar-refractivity contribution >= 4 is 17.2 Å². The highest BCUT2D eigenvalue weighted by Crippen LogP contribution is 2.29. The quantitative estimate of drug-likeness (QED) is 0.742. The fourth-order valence-electron chi connectivity index (χ4n) is 2.37. The number of amides is 1. The number of thiazole rings is 1. The Hall–Kier alpha value is -2.66. The van der Waals surface area contributed by atoms with Crippen LogP contribution >= 0.6 is 11.3 Å². The van der Waals surface area contributed by atoms with E-state index >= 15 is 0 Å². The zero-order valence-corrected chi connectivity index (χ0v) is 14.1. The van der Waals surface area contributed by atoms with Crippen molar-refractivity contribution in [2.45, 2.75) is 13.3 Å². The lowest BCUT2D eigenvalue weighted by atomic mass is 10.1. The molecule has 1 aromatic heterocycles. The second-order valence-electron chi connectivity index (χ2n) is 5.51. The van der Waals surface area contributed by atoms with Gasteiger partial charge < -0.3 is 10.4 Å². The molecule has 4 nitrogen and oxygen atoms in total. The summed E-state index contributed by atoms with van der Waals surface area (Å²) in [5.74, 6) is 0.251. The van der Waals surface area contributed by atoms with Crippen molar-refractivity contribution in [2.24, 2.45) is 0 Å². The number of rotatable bonds is 5. The Bertz CT molecular complexity index is 823. The van der Waals surface area contributed by atoms with Gasteiger partial charge in [0.15, 0.2) is 0 Å². The molecule has 1 heterocycles. The molecule has 5 heteroatoms. The van der Waals surface area contributed by atoms with Crippen molar-refractivity contribution in [3.63, 3.8) is 0 Å². The van der Waals surface area contributed by atoms with Gasteiger partial charge in [0.25, 0.3) is 0 Å². The zero-order valence-electron chi connectivity index (χ0n) is 13.3. The maximum atomic E-state index is 10.9. The molecule has 0 aliphatic heterocycles. The molecule has 24 heavy (non-hydrogen) atoms. The number of hydrogen-bond donors (Lipinski definition) is 2. The van der Waals surface area contributed by atoms with Crippen LogP contribution < -0.4 is 5.32 Å². The number of aromatic nitrogens is 1. The highest BCUT2D eigenvalue weighted by Gasteiger charge is 2.07. The van der Waals surface area contributed by atoms with Gasteiger partial charge in [-0.05, 0) is 36.2 Å². The first-order chi connectivity index (χ1) is 11.6. The number of phenolic OH excluding ortho intramolecular Hbond substituents is 1. The Morgan fingerprint density at radius 2 is 1.75 bits per heavy atom. The SMILES string of the molecule is CC(=O)NCCc1ccc(-c2csc(-c3ccc(O)cc3)n2)cc1. The number of aromatic hydroxyl groups is 1. The summed E-state index contributed by atoms with van der Waals surface area (Å²) >= 11 is 1.58. The monoisotopic (exact) mass is 338 g/mol. The van der Waals surface area contributed by atoms with Crippen LogP contribution in [0.3, 0.4) is 0 Å². The molecule has 0 atom stereocenters. The highest BCUT2D eigenvalue weighted by molar-refractivity contribution is 7.13. The van der Waals surface area contributed by atoms with Gasteiger partial charge in [0.1, 0.15) is 10.8 Å². The number of nitrogens with one attached hydrogen (secondary N) is 1. The lowest BCUT2D eigenvalue weighted by molar-refractivity contribution is -0.118. The molecule has 3 aromatic rings. The first-order valence-electron chi connectivity index (χ1n) is 7.70. The maximum Gasteiger partial charge on any atom is 0.216 e. The fourth-order valence-corrected chi connectivity index (χ4v) is 3.20. The number of benzene rings is 2. The minimum absolute atomic E-state index is 0.00384. The summed E-state index contributed by atoms with van der Waals surface area (Å²) in [6.07, 6.45) is 0.815. The predicted octanol–water partition coefficient (Wildman–Crippen LogP) is 3.86. The van der Waals surface area contributed by atoms with Gasteiger partial charge in [-0.2, -0.15) is 0 Å². The van der Waals surface area contributed by atoms with Crippen molar-refractivity contribution < 1.29 is 9.90 Å². The van der Waals surface area contributed by atoms with Crippen LogP contribution in [0.4, 0.5) is 0 Å². The minimum Gasteiger partial charge on any atom is -0.508 e. The standard InChI is InChI=1S/C19H18N2O2S/c1-13(22)20-11-10-14-2-4-15(5-3-14)18-12-24-19(21-18)16-6-8-17(23)9-7-16/h2-9,12,23H,10-11H2,1H3,(H,20,22). The molecule has 0 fully saturated rings. The van der Waals surface area contributed by atoms with Gasteiger partial charge in [0.2, 0.25) is 5.91 Å². The van der Waals surface area contributed by atoms with Crippen molar-refractivity contribution in [3.8, 4) is 27.6 Å². The van der Waals surface area contributed by atoms with Crippen molar-refractivity contribution in [2.75, 3.05) is 6.54 Å². The van der Waals surface area contributed by atoms with E-state index in [1.165, 1.54) is 12.5 Å². The van der Waals surface area contributed by atoms with Crippen molar-refractivity contribution in [1.82, 2.24) is 10.3 Å². The van der Waals surface area contributed by atoms with Gasteiger partial charge in [-0.25, -0.2) is 4.98 Å². The Morgan fingerprint density at radius 3 is 2.42 bits per heavy atom. The van der Waals surface area contributed by atoms with E-state index in [9.17, 15) is 9.90 Å². The summed E-state index contributed by atoms with van der Waals surface area (Å²) in [7, 11) is 0. The molecule has 2 aromatic carbocycles. The predicted molar refractivity (Wildman–Crippen MR) is 97.0 cm³/mol. The number of hydrogen-bond acceptors (Lipinski definition) is 4. The molecule has 0 saturated carbocycles. The van der Waals surface area contributed by atoms with Gasteiger partial charge in [-0.1, -0.05) is 24.3 Å². The maximum absolute atomic E-state index is 10.9. The molecular weight excluding hydrogens is 320 g/mol. The molecule has 0 unspecified atom stereocenters. The largest absolute Gasteiger partial charge is 0.508 e. The van der Waals surface area contributed by atoms with E-state index in [0.29, 0.717) is 6.54 Å². The second-order valence-corrected chi connectivity index (χ2v) is 6.37. The summed E-state index contributed by atoms with van der Waals surface area (Å²) in [4.78, 5) is 15.6. The summed E-state index contributed by atoms with van der Waals surface area (Å²) in [6.45, 7) is 2.17. The van der Waals surface area contributed by atoms with Crippen LogP contribution in [0.1, 0.15) is 12.5 Å². The highest BCUT2D eigenvalue weighted by atomic mass is 32.1. The van der Waals surface area contributed by atoms with E-state index in [-0.39, 0.29) is 11.7 Å². The topological polar surface area (TPSA) is 62.2 Å². The second kappa shape index (κ2) is 7.27. The molecule has 1 amide bonds. The molecule has 0 spiro atoms. The van der Waals surface area contributed by atoms with Crippen LogP contribution in [0.25, 0.3) is 21.8 Å². The lowest BCUT2D eigenvalue weighted by Crippen LogP contribution is -2.22. The van der Waals surface area contributed by atoms with Gasteiger partial charge in [-0.3, -0.25) is 4.79 Å². The molecule has 122 valence electrons.